The summed E-state index contributed by atoms with van der Waals surface area (Å²) in [5.74, 6) is 0. The average molecular weight is 189 g/mol. The maximum absolute atomic E-state index is 5.32. The molecular weight excluding hydrogens is 174 g/mol. The van der Waals surface area contributed by atoms with Crippen molar-refractivity contribution in [1.29, 1.82) is 0 Å². The van der Waals surface area contributed by atoms with E-state index in [0.717, 1.165) is 23.2 Å². The first-order valence-electron chi connectivity index (χ1n) is 5.11. The zero-order valence-corrected chi connectivity index (χ0v) is 8.42. The van der Waals surface area contributed by atoms with Crippen LogP contribution in [-0.2, 0) is 0 Å². The van der Waals surface area contributed by atoms with Gasteiger partial charge in [-0.25, -0.2) is 0 Å². The molecule has 2 nitrogen and oxygen atoms in total. The summed E-state index contributed by atoms with van der Waals surface area (Å²) in [7, 11) is 0. The lowest BCUT2D eigenvalue weighted by Gasteiger charge is -2.04. The minimum Gasteiger partial charge on any atom is -0.464 e. The number of anilines is 1. The van der Waals surface area contributed by atoms with Crippen LogP contribution in [0.1, 0.15) is 19.8 Å². The van der Waals surface area contributed by atoms with Crippen molar-refractivity contribution in [2.24, 2.45) is 0 Å². The van der Waals surface area contributed by atoms with Crippen LogP contribution in [0.2, 0.25) is 0 Å². The van der Waals surface area contributed by atoms with E-state index in [4.69, 9.17) is 4.42 Å². The fourth-order valence-corrected chi connectivity index (χ4v) is 1.47. The van der Waals surface area contributed by atoms with Gasteiger partial charge in [0, 0.05) is 23.7 Å². The third-order valence-electron chi connectivity index (χ3n) is 2.32. The highest BCUT2D eigenvalue weighted by Crippen LogP contribution is 2.19. The molecule has 0 spiro atoms. The topological polar surface area (TPSA) is 25.2 Å². The van der Waals surface area contributed by atoms with Crippen molar-refractivity contribution in [2.45, 2.75) is 19.8 Å². The molecule has 0 unspecified atom stereocenters. The predicted octanol–water partition coefficient (Wildman–Crippen LogP) is 3.64. The van der Waals surface area contributed by atoms with Crippen molar-refractivity contribution in [3.8, 4) is 0 Å². The Bertz CT molecular complexity index is 405. The lowest BCUT2D eigenvalue weighted by atomic mass is 10.2. The quantitative estimate of drug-likeness (QED) is 0.743. The number of furan rings is 1. The summed E-state index contributed by atoms with van der Waals surface area (Å²) in [5.41, 5.74) is 2.09. The van der Waals surface area contributed by atoms with Crippen LogP contribution >= 0.6 is 0 Å². The first-order valence-corrected chi connectivity index (χ1v) is 5.11. The van der Waals surface area contributed by atoms with Crippen molar-refractivity contribution in [3.63, 3.8) is 0 Å². The van der Waals surface area contributed by atoms with Crippen LogP contribution in [0.25, 0.3) is 11.0 Å². The summed E-state index contributed by atoms with van der Waals surface area (Å²) in [5, 5.41) is 4.53. The molecule has 1 aromatic heterocycles. The molecule has 1 aromatic carbocycles. The van der Waals surface area contributed by atoms with Gasteiger partial charge >= 0.3 is 0 Å². The van der Waals surface area contributed by atoms with Crippen LogP contribution in [0.4, 0.5) is 5.69 Å². The smallest absolute Gasteiger partial charge is 0.135 e. The van der Waals surface area contributed by atoms with Crippen LogP contribution in [0.3, 0.4) is 0 Å². The van der Waals surface area contributed by atoms with Gasteiger partial charge in [0.25, 0.3) is 0 Å². The first-order chi connectivity index (χ1) is 6.90. The Morgan fingerprint density at radius 2 is 2.21 bits per heavy atom. The van der Waals surface area contributed by atoms with Crippen molar-refractivity contribution in [3.05, 3.63) is 30.5 Å². The number of rotatable bonds is 4. The fraction of sp³-hybridized carbons (Fsp3) is 0.333. The number of benzene rings is 1. The molecule has 1 N–H and O–H groups in total. The third kappa shape index (κ3) is 1.90. The van der Waals surface area contributed by atoms with E-state index < -0.39 is 0 Å². The largest absolute Gasteiger partial charge is 0.464 e. The SMILES string of the molecule is CCCCNc1ccc2ccoc2c1. The Morgan fingerprint density at radius 3 is 3.07 bits per heavy atom. The fourth-order valence-electron chi connectivity index (χ4n) is 1.47. The minimum absolute atomic E-state index is 0.950. The molecule has 0 atom stereocenters. The maximum atomic E-state index is 5.32. The number of fused-ring (bicyclic) bond motifs is 1. The molecule has 14 heavy (non-hydrogen) atoms. The molecule has 74 valence electrons. The predicted molar refractivity (Wildman–Crippen MR) is 59.6 cm³/mol. The lowest BCUT2D eigenvalue weighted by molar-refractivity contribution is 0.616. The lowest BCUT2D eigenvalue weighted by Crippen LogP contribution is -1.99. The molecule has 2 aromatic rings. The summed E-state index contributed by atoms with van der Waals surface area (Å²) in [6, 6.07) is 8.19. The van der Waals surface area contributed by atoms with Gasteiger partial charge in [-0.3, -0.25) is 0 Å². The van der Waals surface area contributed by atoms with E-state index in [1.54, 1.807) is 6.26 Å². The van der Waals surface area contributed by atoms with Crippen LogP contribution < -0.4 is 5.32 Å². The summed E-state index contributed by atoms with van der Waals surface area (Å²) < 4.78 is 5.32. The van der Waals surface area contributed by atoms with E-state index in [-0.39, 0.29) is 0 Å². The maximum Gasteiger partial charge on any atom is 0.135 e. The summed E-state index contributed by atoms with van der Waals surface area (Å²) >= 11 is 0. The van der Waals surface area contributed by atoms with Gasteiger partial charge in [0.15, 0.2) is 0 Å². The highest BCUT2D eigenvalue weighted by atomic mass is 16.3. The van der Waals surface area contributed by atoms with Gasteiger partial charge in [-0.05, 0) is 24.6 Å². The Morgan fingerprint density at radius 1 is 1.29 bits per heavy atom. The van der Waals surface area contributed by atoms with Crippen LogP contribution in [-0.4, -0.2) is 6.54 Å². The Hall–Kier alpha value is -1.44. The average Bonchev–Trinajstić information content (AvgIpc) is 2.65. The minimum atomic E-state index is 0.950. The highest BCUT2D eigenvalue weighted by molar-refractivity contribution is 5.80. The number of hydrogen-bond donors (Lipinski definition) is 1. The molecular formula is C12H15NO. The van der Waals surface area contributed by atoms with Crippen LogP contribution in [0, 0.1) is 0 Å². The molecule has 2 rings (SSSR count). The van der Waals surface area contributed by atoms with E-state index in [9.17, 15) is 0 Å². The van der Waals surface area contributed by atoms with E-state index in [2.05, 4.69) is 24.4 Å². The molecule has 0 radical (unpaired) electrons. The summed E-state index contributed by atoms with van der Waals surface area (Å²) in [6.45, 7) is 3.22. The molecule has 1 heterocycles. The molecule has 0 aliphatic carbocycles. The van der Waals surface area contributed by atoms with Gasteiger partial charge in [-0.2, -0.15) is 0 Å². The van der Waals surface area contributed by atoms with Crippen molar-refractivity contribution >= 4 is 16.7 Å². The zero-order chi connectivity index (χ0) is 9.80. The van der Waals surface area contributed by atoms with Gasteiger partial charge in [0.1, 0.15) is 5.58 Å². The molecule has 0 saturated carbocycles. The zero-order valence-electron chi connectivity index (χ0n) is 8.42. The second-order valence-corrected chi connectivity index (χ2v) is 3.45. The monoisotopic (exact) mass is 189 g/mol. The molecule has 0 aliphatic rings. The number of hydrogen-bond acceptors (Lipinski definition) is 2. The van der Waals surface area contributed by atoms with Gasteiger partial charge < -0.3 is 9.73 Å². The van der Waals surface area contributed by atoms with Crippen LogP contribution in [0.15, 0.2) is 34.9 Å². The van der Waals surface area contributed by atoms with Gasteiger partial charge in [-0.15, -0.1) is 0 Å². The third-order valence-corrected chi connectivity index (χ3v) is 2.32. The molecule has 0 fully saturated rings. The molecule has 2 heteroatoms. The van der Waals surface area contributed by atoms with E-state index in [1.807, 2.05) is 12.1 Å². The molecule has 0 saturated heterocycles. The summed E-state index contributed by atoms with van der Waals surface area (Å²) in [4.78, 5) is 0. The first kappa shape index (κ1) is 9.13. The van der Waals surface area contributed by atoms with Crippen molar-refractivity contribution in [1.82, 2.24) is 0 Å². The van der Waals surface area contributed by atoms with E-state index in [1.165, 1.54) is 12.8 Å². The van der Waals surface area contributed by atoms with Gasteiger partial charge in [0.05, 0.1) is 6.26 Å². The number of unbranched alkanes of at least 4 members (excludes halogenated alkanes) is 1. The second kappa shape index (κ2) is 4.18. The Labute approximate surface area is 83.9 Å². The van der Waals surface area contributed by atoms with E-state index >= 15 is 0 Å². The van der Waals surface area contributed by atoms with Crippen molar-refractivity contribution < 1.29 is 4.42 Å². The van der Waals surface area contributed by atoms with E-state index in [0.29, 0.717) is 0 Å². The number of nitrogens with one attached hydrogen (secondary N) is 1. The van der Waals surface area contributed by atoms with Gasteiger partial charge in [-0.1, -0.05) is 13.3 Å². The van der Waals surface area contributed by atoms with Gasteiger partial charge in [0.2, 0.25) is 0 Å². The standard InChI is InChI=1S/C12H15NO/c1-2-3-7-13-11-5-4-10-6-8-14-12(10)9-11/h4-6,8-9,13H,2-3,7H2,1H3. The highest BCUT2D eigenvalue weighted by Gasteiger charge is 1.97. The molecule has 0 bridgehead atoms. The Kier molecular flexibility index (Phi) is 2.73. The molecule has 0 amide bonds. The normalized spacial score (nSPS) is 10.6. The molecule has 0 aliphatic heterocycles. The summed E-state index contributed by atoms with van der Waals surface area (Å²) in [6.07, 6.45) is 4.15. The van der Waals surface area contributed by atoms with Crippen molar-refractivity contribution in [2.75, 3.05) is 11.9 Å². The Balaban J connectivity index is 2.10. The van der Waals surface area contributed by atoms with Crippen LogP contribution in [0.5, 0.6) is 0 Å². The second-order valence-electron chi connectivity index (χ2n) is 3.45.